The van der Waals surface area contributed by atoms with Crippen LogP contribution in [0, 0.1) is 6.92 Å². The summed E-state index contributed by atoms with van der Waals surface area (Å²) in [6.07, 6.45) is 2.67. The largest absolute Gasteiger partial charge is 0.329 e. The summed E-state index contributed by atoms with van der Waals surface area (Å²) in [5, 5.41) is 3.17. The zero-order valence-electron chi connectivity index (χ0n) is 10.8. The molecular formula is C14H16N4S. The van der Waals surface area contributed by atoms with Crippen molar-refractivity contribution in [3.05, 3.63) is 46.7 Å². The van der Waals surface area contributed by atoms with Gasteiger partial charge in [-0.05, 0) is 19.1 Å². The van der Waals surface area contributed by atoms with Gasteiger partial charge in [-0.2, -0.15) is 0 Å². The molecule has 0 aliphatic carbocycles. The normalized spacial score (nSPS) is 12.9. The minimum atomic E-state index is 0.0585. The molecule has 0 aliphatic heterocycles. The quantitative estimate of drug-likeness (QED) is 0.793. The topological polar surface area (TPSA) is 56.7 Å². The lowest BCUT2D eigenvalue weighted by Crippen LogP contribution is -2.28. The molecule has 0 spiro atoms. The van der Waals surface area contributed by atoms with Crippen LogP contribution in [0.15, 0.2) is 36.0 Å². The van der Waals surface area contributed by atoms with Crippen molar-refractivity contribution < 1.29 is 0 Å². The Bertz CT molecular complexity index is 685. The Morgan fingerprint density at radius 1 is 1.37 bits per heavy atom. The minimum Gasteiger partial charge on any atom is -0.329 e. The number of hydrogen-bond acceptors (Lipinski definition) is 4. The number of hydrogen-bond donors (Lipinski definition) is 1. The molecule has 5 heteroatoms. The SMILES string of the molecule is Cc1csc(CC(N)Cn2cnc3ccccc32)n1. The number of aryl methyl sites for hydroxylation is 1. The van der Waals surface area contributed by atoms with Crippen LogP contribution in [-0.4, -0.2) is 20.6 Å². The minimum absolute atomic E-state index is 0.0585. The van der Waals surface area contributed by atoms with Crippen molar-refractivity contribution in [3.63, 3.8) is 0 Å². The van der Waals surface area contributed by atoms with Gasteiger partial charge in [-0.25, -0.2) is 9.97 Å². The van der Waals surface area contributed by atoms with E-state index in [1.54, 1.807) is 11.3 Å². The highest BCUT2D eigenvalue weighted by molar-refractivity contribution is 7.09. The van der Waals surface area contributed by atoms with E-state index in [1.165, 1.54) is 0 Å². The summed E-state index contributed by atoms with van der Waals surface area (Å²) in [5.74, 6) is 0. The van der Waals surface area contributed by atoms with E-state index in [2.05, 4.69) is 26.0 Å². The molecular weight excluding hydrogens is 256 g/mol. The Morgan fingerprint density at radius 3 is 3.00 bits per heavy atom. The number of benzene rings is 1. The Hall–Kier alpha value is -1.72. The molecule has 1 aromatic carbocycles. The molecule has 0 fully saturated rings. The molecule has 4 nitrogen and oxygen atoms in total. The molecule has 2 N–H and O–H groups in total. The monoisotopic (exact) mass is 272 g/mol. The highest BCUT2D eigenvalue weighted by Gasteiger charge is 2.10. The van der Waals surface area contributed by atoms with Gasteiger partial charge in [0.05, 0.1) is 22.4 Å². The predicted molar refractivity (Wildman–Crippen MR) is 78.3 cm³/mol. The van der Waals surface area contributed by atoms with Crippen LogP contribution in [0.4, 0.5) is 0 Å². The maximum Gasteiger partial charge on any atom is 0.0958 e. The van der Waals surface area contributed by atoms with Crippen LogP contribution in [-0.2, 0) is 13.0 Å². The van der Waals surface area contributed by atoms with E-state index in [0.29, 0.717) is 0 Å². The zero-order chi connectivity index (χ0) is 13.2. The number of aromatic nitrogens is 3. The van der Waals surface area contributed by atoms with Crippen LogP contribution < -0.4 is 5.73 Å². The van der Waals surface area contributed by atoms with E-state index >= 15 is 0 Å². The van der Waals surface area contributed by atoms with Gasteiger partial charge in [0.1, 0.15) is 0 Å². The Kier molecular flexibility index (Phi) is 3.31. The average Bonchev–Trinajstić information content (AvgIpc) is 2.97. The number of nitrogens with two attached hydrogens (primary N) is 1. The van der Waals surface area contributed by atoms with Crippen LogP contribution in [0.1, 0.15) is 10.7 Å². The third-order valence-corrected chi connectivity index (χ3v) is 4.05. The highest BCUT2D eigenvalue weighted by atomic mass is 32.1. The van der Waals surface area contributed by atoms with E-state index in [0.717, 1.165) is 34.7 Å². The van der Waals surface area contributed by atoms with Gasteiger partial charge in [0.15, 0.2) is 0 Å². The summed E-state index contributed by atoms with van der Waals surface area (Å²) in [6, 6.07) is 8.17. The molecule has 0 radical (unpaired) electrons. The van der Waals surface area contributed by atoms with E-state index in [9.17, 15) is 0 Å². The summed E-state index contributed by atoms with van der Waals surface area (Å²) in [5.41, 5.74) is 9.43. The summed E-state index contributed by atoms with van der Waals surface area (Å²) in [6.45, 7) is 2.77. The fourth-order valence-electron chi connectivity index (χ4n) is 2.19. The number of nitrogens with zero attached hydrogens (tertiary/aromatic N) is 3. The van der Waals surface area contributed by atoms with Crippen LogP contribution in [0.2, 0.25) is 0 Å². The lowest BCUT2D eigenvalue weighted by atomic mass is 10.2. The molecule has 19 heavy (non-hydrogen) atoms. The van der Waals surface area contributed by atoms with Crippen molar-refractivity contribution in [1.82, 2.24) is 14.5 Å². The first kappa shape index (κ1) is 12.3. The Morgan fingerprint density at radius 2 is 2.21 bits per heavy atom. The van der Waals surface area contributed by atoms with Gasteiger partial charge < -0.3 is 10.3 Å². The van der Waals surface area contributed by atoms with Crippen molar-refractivity contribution >= 4 is 22.4 Å². The Balaban J connectivity index is 1.74. The molecule has 2 heterocycles. The molecule has 98 valence electrons. The molecule has 0 amide bonds. The molecule has 0 saturated heterocycles. The summed E-state index contributed by atoms with van der Waals surface area (Å²) in [4.78, 5) is 8.83. The number of fused-ring (bicyclic) bond motifs is 1. The molecule has 0 aliphatic rings. The maximum atomic E-state index is 6.22. The molecule has 1 unspecified atom stereocenters. The van der Waals surface area contributed by atoms with Crippen molar-refractivity contribution in [2.75, 3.05) is 0 Å². The first-order chi connectivity index (χ1) is 9.22. The zero-order valence-corrected chi connectivity index (χ0v) is 11.6. The van der Waals surface area contributed by atoms with Crippen LogP contribution in [0.25, 0.3) is 11.0 Å². The summed E-state index contributed by atoms with van der Waals surface area (Å²) >= 11 is 1.68. The van der Waals surface area contributed by atoms with Gasteiger partial charge >= 0.3 is 0 Å². The van der Waals surface area contributed by atoms with Gasteiger partial charge in [-0.3, -0.25) is 0 Å². The summed E-state index contributed by atoms with van der Waals surface area (Å²) in [7, 11) is 0. The van der Waals surface area contributed by atoms with E-state index in [1.807, 2.05) is 31.5 Å². The fraction of sp³-hybridized carbons (Fsp3) is 0.286. The highest BCUT2D eigenvalue weighted by Crippen LogP contribution is 2.14. The van der Waals surface area contributed by atoms with Crippen molar-refractivity contribution in [2.45, 2.75) is 25.9 Å². The van der Waals surface area contributed by atoms with Gasteiger partial charge in [-0.1, -0.05) is 12.1 Å². The van der Waals surface area contributed by atoms with E-state index < -0.39 is 0 Å². The van der Waals surface area contributed by atoms with Crippen molar-refractivity contribution in [3.8, 4) is 0 Å². The van der Waals surface area contributed by atoms with Crippen LogP contribution >= 0.6 is 11.3 Å². The van der Waals surface area contributed by atoms with Crippen LogP contribution in [0.5, 0.6) is 0 Å². The second kappa shape index (κ2) is 5.11. The fourth-order valence-corrected chi connectivity index (χ4v) is 3.06. The molecule has 1 atom stereocenters. The lowest BCUT2D eigenvalue weighted by molar-refractivity contribution is 0.558. The molecule has 2 aromatic heterocycles. The molecule has 3 aromatic rings. The Labute approximate surface area is 115 Å². The number of thiazole rings is 1. The van der Waals surface area contributed by atoms with Crippen molar-refractivity contribution in [2.24, 2.45) is 5.73 Å². The average molecular weight is 272 g/mol. The summed E-state index contributed by atoms with van der Waals surface area (Å²) < 4.78 is 2.11. The smallest absolute Gasteiger partial charge is 0.0958 e. The third kappa shape index (κ3) is 2.67. The first-order valence-electron chi connectivity index (χ1n) is 6.29. The first-order valence-corrected chi connectivity index (χ1v) is 7.17. The third-order valence-electron chi connectivity index (χ3n) is 3.06. The van der Waals surface area contributed by atoms with Crippen LogP contribution in [0.3, 0.4) is 0 Å². The van der Waals surface area contributed by atoms with Gasteiger partial charge in [-0.15, -0.1) is 11.3 Å². The van der Waals surface area contributed by atoms with Gasteiger partial charge in [0.25, 0.3) is 0 Å². The van der Waals surface area contributed by atoms with E-state index in [4.69, 9.17) is 5.73 Å². The lowest BCUT2D eigenvalue weighted by Gasteiger charge is -2.11. The van der Waals surface area contributed by atoms with Gasteiger partial charge in [0.2, 0.25) is 0 Å². The number of imidazole rings is 1. The number of rotatable bonds is 4. The van der Waals surface area contributed by atoms with Gasteiger partial charge in [0, 0.05) is 30.1 Å². The molecule has 0 saturated carbocycles. The second-order valence-corrected chi connectivity index (χ2v) is 5.68. The molecule has 0 bridgehead atoms. The maximum absolute atomic E-state index is 6.22. The van der Waals surface area contributed by atoms with Crippen molar-refractivity contribution in [1.29, 1.82) is 0 Å². The second-order valence-electron chi connectivity index (χ2n) is 4.73. The predicted octanol–water partition coefficient (Wildman–Crippen LogP) is 2.37. The van der Waals surface area contributed by atoms with E-state index in [-0.39, 0.29) is 6.04 Å². The number of para-hydroxylation sites is 2. The standard InChI is InChI=1S/C14H16N4S/c1-10-8-19-14(17-10)6-11(15)7-18-9-16-12-4-2-3-5-13(12)18/h2-5,8-9,11H,6-7,15H2,1H3. The molecule has 3 rings (SSSR count).